The Morgan fingerprint density at radius 1 is 1.19 bits per heavy atom. The van der Waals surface area contributed by atoms with Crippen molar-refractivity contribution in [1.82, 2.24) is 9.80 Å². The van der Waals surface area contributed by atoms with Gasteiger partial charge in [-0.15, -0.1) is 0 Å². The maximum absolute atomic E-state index is 12.6. The van der Waals surface area contributed by atoms with Gasteiger partial charge in [0.25, 0.3) is 0 Å². The van der Waals surface area contributed by atoms with Crippen LogP contribution in [0, 0.1) is 13.8 Å². The van der Waals surface area contributed by atoms with Gasteiger partial charge in [0.2, 0.25) is 11.8 Å². The first-order valence-corrected chi connectivity index (χ1v) is 9.39. The quantitative estimate of drug-likeness (QED) is 0.852. The summed E-state index contributed by atoms with van der Waals surface area (Å²) in [5.41, 5.74) is 8.69. The molecule has 0 spiro atoms. The van der Waals surface area contributed by atoms with Crippen molar-refractivity contribution in [2.75, 3.05) is 39.4 Å². The summed E-state index contributed by atoms with van der Waals surface area (Å²) in [6.45, 7) is 7.72. The lowest BCUT2D eigenvalue weighted by Gasteiger charge is -2.43. The van der Waals surface area contributed by atoms with Gasteiger partial charge in [-0.3, -0.25) is 14.5 Å². The predicted molar refractivity (Wildman–Crippen MR) is 99.8 cm³/mol. The van der Waals surface area contributed by atoms with Crippen molar-refractivity contribution < 1.29 is 14.3 Å². The average Bonchev–Trinajstić information content (AvgIpc) is 3.12. The van der Waals surface area contributed by atoms with Gasteiger partial charge in [-0.2, -0.15) is 0 Å². The van der Waals surface area contributed by atoms with E-state index in [9.17, 15) is 9.59 Å². The summed E-state index contributed by atoms with van der Waals surface area (Å²) in [5, 5.41) is 0. The average molecular weight is 359 g/mol. The van der Waals surface area contributed by atoms with Crippen molar-refractivity contribution >= 4 is 11.8 Å². The number of carbonyl (C=O) groups excluding carboxylic acids is 2. The first-order valence-electron chi connectivity index (χ1n) is 9.39. The molecule has 0 aliphatic carbocycles. The Morgan fingerprint density at radius 3 is 2.50 bits per heavy atom. The Balaban J connectivity index is 1.53. The largest absolute Gasteiger partial charge is 0.379 e. The molecule has 2 amide bonds. The summed E-state index contributed by atoms with van der Waals surface area (Å²) in [6, 6.07) is 6.37. The van der Waals surface area contributed by atoms with Gasteiger partial charge in [0.15, 0.2) is 0 Å². The van der Waals surface area contributed by atoms with Crippen molar-refractivity contribution in [3.8, 4) is 0 Å². The number of nitrogens with two attached hydrogens (primary N) is 1. The normalized spacial score (nSPS) is 24.0. The number of hydrogen-bond acceptors (Lipinski definition) is 4. The fraction of sp³-hybridized carbons (Fsp3) is 0.600. The minimum absolute atomic E-state index is 0.181. The number of hydrogen-bond donors (Lipinski definition) is 1. The van der Waals surface area contributed by atoms with Crippen molar-refractivity contribution in [3.05, 3.63) is 34.9 Å². The molecule has 1 aromatic rings. The van der Waals surface area contributed by atoms with Crippen LogP contribution in [0.5, 0.6) is 0 Å². The number of rotatable bonds is 5. The van der Waals surface area contributed by atoms with Crippen molar-refractivity contribution in [2.45, 2.75) is 38.6 Å². The van der Waals surface area contributed by atoms with Gasteiger partial charge in [0, 0.05) is 45.6 Å². The lowest BCUT2D eigenvalue weighted by molar-refractivity contribution is -0.137. The van der Waals surface area contributed by atoms with Gasteiger partial charge in [-0.05, 0) is 31.4 Å². The maximum Gasteiger partial charge on any atom is 0.240 e. The van der Waals surface area contributed by atoms with Crippen LogP contribution in [-0.4, -0.2) is 66.5 Å². The standard InChI is InChI=1S/C20H29N3O3/c1-15-3-4-17(16(2)13-15)5-6-18(24)22-8-10-23(11-9-22)20(19(21)25)7-12-26-14-20/h3-4,13H,5-12,14H2,1-2H3,(H2,21,25). The van der Waals surface area contributed by atoms with E-state index < -0.39 is 5.54 Å². The van der Waals surface area contributed by atoms with Crippen LogP contribution in [0.15, 0.2) is 18.2 Å². The first-order chi connectivity index (χ1) is 12.4. The van der Waals surface area contributed by atoms with Crippen LogP contribution in [0.1, 0.15) is 29.5 Å². The van der Waals surface area contributed by atoms with E-state index >= 15 is 0 Å². The summed E-state index contributed by atoms with van der Waals surface area (Å²) in [4.78, 5) is 28.6. The van der Waals surface area contributed by atoms with Crippen LogP contribution in [0.4, 0.5) is 0 Å². The molecule has 2 aliphatic rings. The molecule has 2 fully saturated rings. The van der Waals surface area contributed by atoms with Gasteiger partial charge >= 0.3 is 0 Å². The molecule has 1 unspecified atom stereocenters. The third-order valence-corrected chi connectivity index (χ3v) is 5.80. The van der Waals surface area contributed by atoms with Crippen molar-refractivity contribution in [1.29, 1.82) is 0 Å². The molecule has 0 aromatic heterocycles. The van der Waals surface area contributed by atoms with Gasteiger partial charge in [-0.25, -0.2) is 0 Å². The molecule has 1 atom stereocenters. The monoisotopic (exact) mass is 359 g/mol. The molecule has 26 heavy (non-hydrogen) atoms. The highest BCUT2D eigenvalue weighted by molar-refractivity contribution is 5.85. The molecule has 2 heterocycles. The van der Waals surface area contributed by atoms with Gasteiger partial charge in [0.1, 0.15) is 5.54 Å². The van der Waals surface area contributed by atoms with E-state index in [1.165, 1.54) is 16.7 Å². The molecule has 3 rings (SSSR count). The van der Waals surface area contributed by atoms with Gasteiger partial charge in [-0.1, -0.05) is 23.8 Å². The highest BCUT2D eigenvalue weighted by Gasteiger charge is 2.47. The number of nitrogens with zero attached hydrogens (tertiary/aromatic N) is 2. The molecule has 2 aliphatic heterocycles. The summed E-state index contributed by atoms with van der Waals surface area (Å²) < 4.78 is 5.43. The maximum atomic E-state index is 12.6. The van der Waals surface area contributed by atoms with Crippen LogP contribution in [0.25, 0.3) is 0 Å². The highest BCUT2D eigenvalue weighted by Crippen LogP contribution is 2.27. The second kappa shape index (κ2) is 7.76. The molecule has 0 radical (unpaired) electrons. The first kappa shape index (κ1) is 18.9. The Hall–Kier alpha value is -1.92. The van der Waals surface area contributed by atoms with Crippen LogP contribution in [0.3, 0.4) is 0 Å². The van der Waals surface area contributed by atoms with E-state index in [2.05, 4.69) is 36.9 Å². The number of amides is 2. The molecule has 0 saturated carbocycles. The zero-order valence-electron chi connectivity index (χ0n) is 15.8. The Kier molecular flexibility index (Phi) is 5.63. The topological polar surface area (TPSA) is 75.9 Å². The van der Waals surface area contributed by atoms with E-state index in [0.29, 0.717) is 52.2 Å². The summed E-state index contributed by atoms with van der Waals surface area (Å²) >= 11 is 0. The Bertz CT molecular complexity index is 675. The summed E-state index contributed by atoms with van der Waals surface area (Å²) in [6.07, 6.45) is 1.93. The molecule has 6 nitrogen and oxygen atoms in total. The highest BCUT2D eigenvalue weighted by atomic mass is 16.5. The third-order valence-electron chi connectivity index (χ3n) is 5.80. The minimum Gasteiger partial charge on any atom is -0.379 e. The number of carbonyl (C=O) groups is 2. The smallest absolute Gasteiger partial charge is 0.240 e. The molecular weight excluding hydrogens is 330 g/mol. The zero-order valence-corrected chi connectivity index (χ0v) is 15.8. The predicted octanol–water partition coefficient (Wildman–Crippen LogP) is 1.02. The molecule has 6 heteroatoms. The van der Waals surface area contributed by atoms with Crippen molar-refractivity contribution in [3.63, 3.8) is 0 Å². The Morgan fingerprint density at radius 2 is 1.92 bits per heavy atom. The molecule has 142 valence electrons. The molecule has 2 N–H and O–H groups in total. The SMILES string of the molecule is Cc1ccc(CCC(=O)N2CCN(C3(C(N)=O)CCOC3)CC2)c(C)c1. The van der Waals surface area contributed by atoms with E-state index in [-0.39, 0.29) is 11.8 Å². The lowest BCUT2D eigenvalue weighted by Crippen LogP contribution is -2.63. The zero-order chi connectivity index (χ0) is 18.7. The van der Waals surface area contributed by atoms with E-state index in [0.717, 1.165) is 6.42 Å². The third kappa shape index (κ3) is 3.76. The van der Waals surface area contributed by atoms with E-state index in [1.807, 2.05) is 4.90 Å². The van der Waals surface area contributed by atoms with Crippen LogP contribution < -0.4 is 5.73 Å². The fourth-order valence-corrected chi connectivity index (χ4v) is 4.06. The number of primary amides is 1. The lowest BCUT2D eigenvalue weighted by atomic mass is 9.94. The molecule has 0 bridgehead atoms. The number of aryl methyl sites for hydroxylation is 3. The van der Waals surface area contributed by atoms with Crippen LogP contribution in [-0.2, 0) is 20.7 Å². The second-order valence-corrected chi connectivity index (χ2v) is 7.50. The van der Waals surface area contributed by atoms with E-state index in [4.69, 9.17) is 10.5 Å². The molecular formula is C20H29N3O3. The second-order valence-electron chi connectivity index (χ2n) is 7.50. The Labute approximate surface area is 155 Å². The molecule has 1 aromatic carbocycles. The summed E-state index contributed by atoms with van der Waals surface area (Å²) in [5.74, 6) is -0.134. The molecule has 2 saturated heterocycles. The van der Waals surface area contributed by atoms with Gasteiger partial charge < -0.3 is 15.4 Å². The van der Waals surface area contributed by atoms with E-state index in [1.54, 1.807) is 0 Å². The van der Waals surface area contributed by atoms with Crippen molar-refractivity contribution in [2.24, 2.45) is 5.73 Å². The van der Waals surface area contributed by atoms with Gasteiger partial charge in [0.05, 0.1) is 6.61 Å². The number of piperazine rings is 1. The number of benzene rings is 1. The fourth-order valence-electron chi connectivity index (χ4n) is 4.06. The number of ether oxygens (including phenoxy) is 1. The summed E-state index contributed by atoms with van der Waals surface area (Å²) in [7, 11) is 0. The minimum atomic E-state index is -0.686. The van der Waals surface area contributed by atoms with Crippen LogP contribution >= 0.6 is 0 Å². The van der Waals surface area contributed by atoms with Crippen LogP contribution in [0.2, 0.25) is 0 Å².